The molecule has 1 N–H and O–H groups in total. The van der Waals surface area contributed by atoms with Crippen molar-refractivity contribution in [3.8, 4) is 17.1 Å². The van der Waals surface area contributed by atoms with Gasteiger partial charge in [0.2, 0.25) is 5.88 Å². The number of benzene rings is 1. The average Bonchev–Trinajstić information content (AvgIpc) is 3.28. The van der Waals surface area contributed by atoms with E-state index in [1.54, 1.807) is 22.8 Å². The number of halogens is 3. The van der Waals surface area contributed by atoms with E-state index in [-0.39, 0.29) is 47.5 Å². The Morgan fingerprint density at radius 1 is 1.05 bits per heavy atom. The molecule has 5 aromatic rings. The van der Waals surface area contributed by atoms with E-state index in [1.165, 1.54) is 24.3 Å². The Labute approximate surface area is 231 Å². The maximum Gasteiger partial charge on any atom is 0.354 e. The fraction of sp³-hybridized carbons (Fsp3) is 0.207. The Balaban J connectivity index is 1.27. The van der Waals surface area contributed by atoms with Crippen LogP contribution in [0.25, 0.3) is 22.4 Å². The molecular formula is C29H22F3N5O4. The van der Waals surface area contributed by atoms with Crippen molar-refractivity contribution < 1.29 is 32.5 Å². The van der Waals surface area contributed by atoms with Crippen LogP contribution in [0.3, 0.4) is 0 Å². The van der Waals surface area contributed by atoms with Crippen LogP contribution in [0, 0.1) is 17.5 Å². The monoisotopic (exact) mass is 561 g/mol. The van der Waals surface area contributed by atoms with E-state index in [9.17, 15) is 14.3 Å². The maximum atomic E-state index is 15.4. The molecule has 0 amide bonds. The summed E-state index contributed by atoms with van der Waals surface area (Å²) in [5.41, 5.74) is 1.28. The number of imidazole rings is 1. The van der Waals surface area contributed by atoms with Crippen molar-refractivity contribution in [2.45, 2.75) is 32.1 Å². The zero-order chi connectivity index (χ0) is 28.5. The zero-order valence-corrected chi connectivity index (χ0v) is 21.4. The van der Waals surface area contributed by atoms with Crippen molar-refractivity contribution in [3.05, 3.63) is 101 Å². The molecule has 1 aromatic carbocycles. The number of pyridine rings is 3. The Bertz CT molecular complexity index is 1760. The van der Waals surface area contributed by atoms with E-state index < -0.39 is 23.4 Å². The zero-order valence-electron chi connectivity index (χ0n) is 21.4. The third-order valence-corrected chi connectivity index (χ3v) is 6.71. The van der Waals surface area contributed by atoms with E-state index in [0.29, 0.717) is 35.8 Å². The highest BCUT2D eigenvalue weighted by molar-refractivity contribution is 5.88. The standard InChI is InChI=1S/C29H22F3N5O4/c30-17-4-5-18(33-13-17)15-41-27-3-1-2-23(35-27)20-12-21(31)16(10-22(20)32)11-26-34-24-6-7-25(29(38)39)36-28(24)37(26)14-19-8-9-40-19/h1-7,10,12-13,19H,8-9,11,14-15H2,(H,38,39)/t19-/m0/s1. The van der Waals surface area contributed by atoms with E-state index in [0.717, 1.165) is 24.8 Å². The molecule has 5 heterocycles. The summed E-state index contributed by atoms with van der Waals surface area (Å²) in [6.45, 7) is 0.988. The largest absolute Gasteiger partial charge is 0.477 e. The Morgan fingerprint density at radius 3 is 2.63 bits per heavy atom. The number of hydrogen-bond acceptors (Lipinski definition) is 7. The van der Waals surface area contributed by atoms with Crippen LogP contribution in [-0.2, 0) is 24.3 Å². The Kier molecular flexibility index (Phi) is 7.06. The van der Waals surface area contributed by atoms with Crippen LogP contribution in [0.1, 0.15) is 34.0 Å². The maximum absolute atomic E-state index is 15.4. The molecule has 0 aliphatic carbocycles. The lowest BCUT2D eigenvalue weighted by atomic mass is 10.0. The first-order valence-corrected chi connectivity index (χ1v) is 12.7. The van der Waals surface area contributed by atoms with Gasteiger partial charge in [-0.3, -0.25) is 4.98 Å². The summed E-state index contributed by atoms with van der Waals surface area (Å²) in [4.78, 5) is 28.4. The van der Waals surface area contributed by atoms with Gasteiger partial charge in [0, 0.05) is 24.7 Å². The van der Waals surface area contributed by atoms with Gasteiger partial charge in [0.05, 0.1) is 30.2 Å². The van der Waals surface area contributed by atoms with E-state index in [2.05, 4.69) is 19.9 Å². The first kappa shape index (κ1) is 26.4. The second-order valence-corrected chi connectivity index (χ2v) is 9.48. The van der Waals surface area contributed by atoms with Gasteiger partial charge in [0.15, 0.2) is 11.3 Å². The first-order chi connectivity index (χ1) is 19.8. The van der Waals surface area contributed by atoms with Gasteiger partial charge in [-0.25, -0.2) is 32.9 Å². The van der Waals surface area contributed by atoms with Crippen LogP contribution in [0.4, 0.5) is 13.2 Å². The van der Waals surface area contributed by atoms with Crippen LogP contribution < -0.4 is 4.74 Å². The third kappa shape index (κ3) is 5.59. The molecule has 4 aromatic heterocycles. The van der Waals surface area contributed by atoms with E-state index >= 15 is 8.78 Å². The number of hydrogen-bond donors (Lipinski definition) is 1. The number of aromatic carboxylic acids is 1. The van der Waals surface area contributed by atoms with Crippen molar-refractivity contribution in [2.24, 2.45) is 0 Å². The van der Waals surface area contributed by atoms with Crippen molar-refractivity contribution >= 4 is 17.1 Å². The fourth-order valence-electron chi connectivity index (χ4n) is 4.50. The van der Waals surface area contributed by atoms with Crippen molar-refractivity contribution in [1.82, 2.24) is 24.5 Å². The smallest absolute Gasteiger partial charge is 0.354 e. The number of carboxylic acid groups (broad SMARTS) is 1. The van der Waals surface area contributed by atoms with Crippen LogP contribution in [0.15, 0.2) is 60.8 Å². The minimum Gasteiger partial charge on any atom is -0.477 e. The third-order valence-electron chi connectivity index (χ3n) is 6.71. The SMILES string of the molecule is O=C(O)c1ccc2nc(Cc3cc(F)c(-c4cccc(OCc5ccc(F)cn5)n4)cc3F)n(C[C@@H]3CCO3)c2n1. The van der Waals surface area contributed by atoms with Gasteiger partial charge < -0.3 is 19.1 Å². The van der Waals surface area contributed by atoms with Gasteiger partial charge >= 0.3 is 5.97 Å². The Hall–Kier alpha value is -4.84. The summed E-state index contributed by atoms with van der Waals surface area (Å²) < 4.78 is 56.6. The quantitative estimate of drug-likeness (QED) is 0.269. The molecule has 1 atom stereocenters. The molecule has 0 unspecified atom stereocenters. The van der Waals surface area contributed by atoms with Gasteiger partial charge in [0.1, 0.15) is 35.4 Å². The molecule has 1 aliphatic heterocycles. The van der Waals surface area contributed by atoms with E-state index in [1.807, 2.05) is 0 Å². The van der Waals surface area contributed by atoms with Crippen molar-refractivity contribution in [2.75, 3.05) is 6.61 Å². The molecule has 6 rings (SSSR count). The fourth-order valence-corrected chi connectivity index (χ4v) is 4.50. The predicted molar refractivity (Wildman–Crippen MR) is 140 cm³/mol. The van der Waals surface area contributed by atoms with Crippen LogP contribution >= 0.6 is 0 Å². The molecule has 1 aliphatic rings. The molecule has 1 saturated heterocycles. The lowest BCUT2D eigenvalue weighted by Crippen LogP contribution is -2.32. The summed E-state index contributed by atoms with van der Waals surface area (Å²) in [7, 11) is 0. The highest BCUT2D eigenvalue weighted by atomic mass is 19.1. The van der Waals surface area contributed by atoms with Gasteiger partial charge in [-0.2, -0.15) is 0 Å². The molecule has 0 spiro atoms. The van der Waals surface area contributed by atoms with Gasteiger partial charge in [-0.1, -0.05) is 6.07 Å². The van der Waals surface area contributed by atoms with Gasteiger partial charge in [-0.05, 0) is 54.4 Å². The molecule has 41 heavy (non-hydrogen) atoms. The second kappa shape index (κ2) is 11.0. The molecule has 1 fully saturated rings. The highest BCUT2D eigenvalue weighted by Crippen LogP contribution is 2.28. The topological polar surface area (TPSA) is 112 Å². The summed E-state index contributed by atoms with van der Waals surface area (Å²) >= 11 is 0. The van der Waals surface area contributed by atoms with Crippen LogP contribution in [0.2, 0.25) is 0 Å². The van der Waals surface area contributed by atoms with Gasteiger partial charge in [0.25, 0.3) is 0 Å². The summed E-state index contributed by atoms with van der Waals surface area (Å²) in [5.74, 6) is -2.44. The van der Waals surface area contributed by atoms with Gasteiger partial charge in [-0.15, -0.1) is 0 Å². The lowest BCUT2D eigenvalue weighted by Gasteiger charge is -2.27. The van der Waals surface area contributed by atoms with Crippen molar-refractivity contribution in [3.63, 3.8) is 0 Å². The number of carbonyl (C=O) groups is 1. The molecule has 12 heteroatoms. The number of aromatic nitrogens is 5. The number of nitrogens with zero attached hydrogens (tertiary/aromatic N) is 5. The first-order valence-electron chi connectivity index (χ1n) is 12.7. The molecule has 0 radical (unpaired) electrons. The normalized spacial score (nSPS) is 14.7. The summed E-state index contributed by atoms with van der Waals surface area (Å²) in [6, 6.07) is 12.5. The number of rotatable bonds is 9. The molecule has 9 nitrogen and oxygen atoms in total. The Morgan fingerprint density at radius 2 is 1.90 bits per heavy atom. The highest BCUT2D eigenvalue weighted by Gasteiger charge is 2.24. The van der Waals surface area contributed by atoms with Crippen molar-refractivity contribution in [1.29, 1.82) is 0 Å². The minimum absolute atomic E-state index is 0.0161. The van der Waals surface area contributed by atoms with Crippen LogP contribution in [-0.4, -0.2) is 48.3 Å². The van der Waals surface area contributed by atoms with E-state index in [4.69, 9.17) is 9.47 Å². The number of ether oxygens (including phenoxy) is 2. The summed E-state index contributed by atoms with van der Waals surface area (Å²) in [6.07, 6.45) is 1.72. The van der Waals surface area contributed by atoms with Crippen LogP contribution in [0.5, 0.6) is 5.88 Å². The second-order valence-electron chi connectivity index (χ2n) is 9.48. The average molecular weight is 562 g/mol. The summed E-state index contributed by atoms with van der Waals surface area (Å²) in [5, 5.41) is 9.38. The molecule has 0 bridgehead atoms. The lowest BCUT2D eigenvalue weighted by molar-refractivity contribution is -0.0590. The number of fused-ring (bicyclic) bond motifs is 1. The predicted octanol–water partition coefficient (Wildman–Crippen LogP) is 4.96. The molecule has 0 saturated carbocycles. The number of carboxylic acids is 1. The molecule has 208 valence electrons. The molecular weight excluding hydrogens is 539 g/mol. The minimum atomic E-state index is -1.18.